The van der Waals surface area contributed by atoms with Crippen LogP contribution in [0.5, 0.6) is 0 Å². The molecule has 0 spiro atoms. The van der Waals surface area contributed by atoms with Crippen molar-refractivity contribution in [3.05, 3.63) is 93.5 Å². The molecule has 5 nitrogen and oxygen atoms in total. The highest BCUT2D eigenvalue weighted by atomic mass is 127. The number of rotatable bonds is 9. The zero-order valence-corrected chi connectivity index (χ0v) is 26.0. The van der Waals surface area contributed by atoms with Crippen LogP contribution in [0, 0.1) is 0 Å². The van der Waals surface area contributed by atoms with Gasteiger partial charge < -0.3 is 14.4 Å². The van der Waals surface area contributed by atoms with E-state index in [0.717, 1.165) is 16.7 Å². The number of hydrogen-bond donors (Lipinski definition) is 0. The van der Waals surface area contributed by atoms with E-state index in [1.54, 1.807) is 24.0 Å². The molecule has 2 aliphatic rings. The molecule has 2 heterocycles. The molecule has 1 saturated heterocycles. The largest absolute Gasteiger partial charge is 0.464 e. The first-order chi connectivity index (χ1) is 18.8. The number of esters is 1. The number of carbonyl (C=O) groups is 2. The molecule has 39 heavy (non-hydrogen) atoms. The van der Waals surface area contributed by atoms with Crippen LogP contribution in [-0.4, -0.2) is 48.5 Å². The lowest BCUT2D eigenvalue weighted by atomic mass is 9.88. The number of benzene rings is 2. The lowest BCUT2D eigenvalue weighted by Gasteiger charge is -2.47. The molecular formula is C31H34Cl2INO4. The summed E-state index contributed by atoms with van der Waals surface area (Å²) < 4.78 is 16.7. The third kappa shape index (κ3) is 7.34. The second kappa shape index (κ2) is 14.0. The van der Waals surface area contributed by atoms with Crippen molar-refractivity contribution in [2.24, 2.45) is 0 Å². The summed E-state index contributed by atoms with van der Waals surface area (Å²) in [6, 6.07) is 13.5. The minimum atomic E-state index is -1.24. The summed E-state index contributed by atoms with van der Waals surface area (Å²) in [5.74, 6) is -0.625. The van der Waals surface area contributed by atoms with Gasteiger partial charge in [0.05, 0.1) is 12.6 Å². The first-order valence-electron chi connectivity index (χ1n) is 13.1. The molecule has 1 amide bonds. The van der Waals surface area contributed by atoms with E-state index in [-0.39, 0.29) is 12.5 Å². The van der Waals surface area contributed by atoms with E-state index >= 15 is 0 Å². The zero-order chi connectivity index (χ0) is 27.9. The predicted octanol–water partition coefficient (Wildman–Crippen LogP) is 7.36. The lowest BCUT2D eigenvalue weighted by molar-refractivity contribution is -0.186. The fraction of sp³-hybridized carbons (Fsp3) is 0.355. The highest BCUT2D eigenvalue weighted by Gasteiger charge is 2.48. The smallest absolute Gasteiger partial charge is 0.328 e. The molecule has 0 aliphatic carbocycles. The van der Waals surface area contributed by atoms with Crippen LogP contribution in [0.3, 0.4) is 0 Å². The van der Waals surface area contributed by atoms with Gasteiger partial charge in [0.1, 0.15) is 18.2 Å². The first kappa shape index (κ1) is 29.8. The number of nitrogens with zero attached hydrogens (tertiary/aromatic N) is 1. The van der Waals surface area contributed by atoms with E-state index in [0.29, 0.717) is 29.3 Å². The molecule has 0 saturated carbocycles. The molecule has 8 heteroatoms. The van der Waals surface area contributed by atoms with Crippen LogP contribution in [0.1, 0.15) is 56.4 Å². The zero-order valence-electron chi connectivity index (χ0n) is 22.4. The molecular weight excluding hydrogens is 648 g/mol. The Hall–Kier alpha value is -2.13. The Morgan fingerprint density at radius 3 is 2.28 bits per heavy atom. The van der Waals surface area contributed by atoms with Crippen LogP contribution in [0.2, 0.25) is 10.0 Å². The summed E-state index contributed by atoms with van der Waals surface area (Å²) in [6.07, 6.45) is 6.52. The van der Waals surface area contributed by atoms with Gasteiger partial charge in [-0.05, 0) is 67.3 Å². The number of halogens is 3. The maximum Gasteiger partial charge on any atom is 0.328 e. The summed E-state index contributed by atoms with van der Waals surface area (Å²) in [7, 11) is 0. The molecule has 2 aromatic carbocycles. The minimum absolute atomic E-state index is 0.221. The fourth-order valence-corrected chi connectivity index (χ4v) is 7.32. The van der Waals surface area contributed by atoms with E-state index in [4.69, 9.17) is 32.7 Å². The van der Waals surface area contributed by atoms with Gasteiger partial charge in [-0.25, -0.2) is 4.79 Å². The van der Waals surface area contributed by atoms with Gasteiger partial charge in [0.25, 0.3) is 5.91 Å². The third-order valence-corrected chi connectivity index (χ3v) is 10.3. The van der Waals surface area contributed by atoms with Crippen molar-refractivity contribution in [2.75, 3.05) is 11.5 Å². The van der Waals surface area contributed by atoms with Crippen molar-refractivity contribution in [3.63, 3.8) is 0 Å². The second-order valence-corrected chi connectivity index (χ2v) is 15.0. The van der Waals surface area contributed by atoms with Crippen LogP contribution in [0.25, 0.3) is 0 Å². The number of allylic oxidation sites excluding steroid dienone is 3. The SMILES string of the molecule is CCC[C@H](C(=O)OCC)N1C(=O)C(CC2=CC=I(C)=CC=C2)O[C@@H](c2ccc(Cl)cc2)[C@H]1c1ccc(Cl)cc1. The third-order valence-electron chi connectivity index (χ3n) is 6.77. The summed E-state index contributed by atoms with van der Waals surface area (Å²) in [5.41, 5.74) is 2.72. The van der Waals surface area contributed by atoms with Crippen molar-refractivity contribution >= 4 is 62.0 Å². The Bertz CT molecular complexity index is 1330. The molecule has 4 atom stereocenters. The Balaban J connectivity index is 1.85. The van der Waals surface area contributed by atoms with Gasteiger partial charge in [0.2, 0.25) is 0 Å². The average Bonchev–Trinajstić information content (AvgIpc) is 3.13. The lowest BCUT2D eigenvalue weighted by Crippen LogP contribution is -2.57. The monoisotopic (exact) mass is 681 g/mol. The maximum absolute atomic E-state index is 14.3. The van der Waals surface area contributed by atoms with Gasteiger partial charge in [-0.2, -0.15) is 18.9 Å². The molecule has 0 radical (unpaired) electrons. The highest BCUT2D eigenvalue weighted by molar-refractivity contribution is 14.2. The predicted molar refractivity (Wildman–Crippen MR) is 169 cm³/mol. The van der Waals surface area contributed by atoms with Crippen molar-refractivity contribution in [1.82, 2.24) is 4.90 Å². The van der Waals surface area contributed by atoms with E-state index in [2.05, 4.69) is 31.2 Å². The number of morpholine rings is 1. The number of amides is 1. The Morgan fingerprint density at radius 1 is 1.03 bits per heavy atom. The van der Waals surface area contributed by atoms with Gasteiger partial charge in [-0.15, -0.1) is 0 Å². The average molecular weight is 682 g/mol. The topological polar surface area (TPSA) is 55.8 Å². The quantitative estimate of drug-likeness (QED) is 0.158. The van der Waals surface area contributed by atoms with Crippen LogP contribution in [-0.2, 0) is 19.1 Å². The molecule has 2 aromatic rings. The van der Waals surface area contributed by atoms with Gasteiger partial charge >= 0.3 is 5.97 Å². The standard InChI is InChI=1S/C31H34Cl2INO4/c1-4-7-26(31(37)38-5-2)35-28(22-9-13-24(32)14-10-22)29(23-11-15-25(33)16-12-23)39-27(30(35)36)20-21-8-6-18-34(3)19-17-21/h6,8-19,26-29H,4-5,7,20H2,1-3H3/t26-,27?,28-,29+/m1/s1. The van der Waals surface area contributed by atoms with E-state index in [9.17, 15) is 9.59 Å². The summed E-state index contributed by atoms with van der Waals surface area (Å²) in [5, 5.41) is 1.19. The van der Waals surface area contributed by atoms with Crippen molar-refractivity contribution in [1.29, 1.82) is 0 Å². The normalized spacial score (nSPS) is 22.4. The molecule has 0 bridgehead atoms. The van der Waals surface area contributed by atoms with Gasteiger partial charge in [0, 0.05) is 16.5 Å². The summed E-state index contributed by atoms with van der Waals surface area (Å²) >= 11 is 11.2. The molecule has 1 unspecified atom stereocenters. The number of alkyl halides is 1. The minimum Gasteiger partial charge on any atom is -0.464 e. The Morgan fingerprint density at radius 2 is 1.67 bits per heavy atom. The summed E-state index contributed by atoms with van der Waals surface area (Å²) in [6.45, 7) is 4.02. The van der Waals surface area contributed by atoms with Crippen molar-refractivity contribution in [2.45, 2.75) is 57.4 Å². The van der Waals surface area contributed by atoms with Crippen LogP contribution in [0.15, 0.2) is 72.3 Å². The second-order valence-electron chi connectivity index (χ2n) is 9.51. The van der Waals surface area contributed by atoms with Gasteiger partial charge in [0.15, 0.2) is 0 Å². The molecule has 208 valence electrons. The number of ether oxygens (including phenoxy) is 2. The van der Waals surface area contributed by atoms with Gasteiger partial charge in [-0.3, -0.25) is 4.79 Å². The fourth-order valence-electron chi connectivity index (χ4n) is 4.94. The molecule has 2 aliphatic heterocycles. The summed E-state index contributed by atoms with van der Waals surface area (Å²) in [4.78, 5) is 31.7. The van der Waals surface area contributed by atoms with E-state index in [1.807, 2.05) is 43.3 Å². The van der Waals surface area contributed by atoms with Crippen molar-refractivity contribution in [3.8, 4) is 0 Å². The van der Waals surface area contributed by atoms with E-state index in [1.165, 1.54) is 0 Å². The highest BCUT2D eigenvalue weighted by Crippen LogP contribution is 2.45. The molecule has 4 rings (SSSR count). The molecule has 1 fully saturated rings. The number of hydrogen-bond acceptors (Lipinski definition) is 4. The van der Waals surface area contributed by atoms with Crippen LogP contribution in [0.4, 0.5) is 0 Å². The first-order valence-corrected chi connectivity index (χ1v) is 18.5. The molecule has 0 aromatic heterocycles. The van der Waals surface area contributed by atoms with Crippen LogP contribution < -0.4 is 0 Å². The number of carbonyl (C=O) groups excluding carboxylic acids is 2. The Kier molecular flexibility index (Phi) is 10.7. The van der Waals surface area contributed by atoms with Gasteiger partial charge in [-0.1, -0.05) is 79.0 Å². The maximum atomic E-state index is 14.3. The Labute approximate surface area is 247 Å². The van der Waals surface area contributed by atoms with Crippen molar-refractivity contribution < 1.29 is 19.1 Å². The molecule has 0 N–H and O–H groups in total. The van der Waals surface area contributed by atoms with Crippen LogP contribution >= 0.6 is 42.1 Å². The van der Waals surface area contributed by atoms with E-state index < -0.39 is 49.1 Å².